The lowest BCUT2D eigenvalue weighted by molar-refractivity contribution is -0.134. The molecule has 9 heteroatoms. The first kappa shape index (κ1) is 23.4. The van der Waals surface area contributed by atoms with Crippen LogP contribution in [0.4, 0.5) is 9.18 Å². The van der Waals surface area contributed by atoms with E-state index in [0.29, 0.717) is 36.4 Å². The molecule has 1 unspecified atom stereocenters. The van der Waals surface area contributed by atoms with Crippen molar-refractivity contribution in [3.05, 3.63) is 57.5 Å². The van der Waals surface area contributed by atoms with Gasteiger partial charge >= 0.3 is 6.03 Å². The van der Waals surface area contributed by atoms with E-state index < -0.39 is 11.6 Å². The minimum absolute atomic E-state index is 0.00534. The number of halogens is 1. The van der Waals surface area contributed by atoms with Gasteiger partial charge in [0.05, 0.1) is 18.0 Å². The summed E-state index contributed by atoms with van der Waals surface area (Å²) in [5, 5.41) is 2.95. The first-order valence-electron chi connectivity index (χ1n) is 11.1. The number of urea groups is 1. The van der Waals surface area contributed by atoms with Gasteiger partial charge in [0, 0.05) is 31.5 Å². The van der Waals surface area contributed by atoms with E-state index in [2.05, 4.69) is 5.32 Å². The van der Waals surface area contributed by atoms with Crippen LogP contribution in [0.5, 0.6) is 0 Å². The lowest BCUT2D eigenvalue weighted by Crippen LogP contribution is -2.58. The average Bonchev–Trinajstić information content (AvgIpc) is 3.33. The van der Waals surface area contributed by atoms with Crippen LogP contribution in [0.1, 0.15) is 33.0 Å². The standard InChI is InChI=1S/C24H28FN3O4S/c1-16-6-7-20(33-16)21(29)27-10-8-18(9-11-27)24(15-17-4-3-5-19(25)14-17)22(30)28(12-13-32-2)23(31)26-24/h3-7,14,18H,8-13,15H2,1-2H3,(H,26,31). The zero-order valence-electron chi connectivity index (χ0n) is 18.8. The van der Waals surface area contributed by atoms with E-state index in [1.165, 1.54) is 35.5 Å². The van der Waals surface area contributed by atoms with Crippen molar-refractivity contribution in [3.8, 4) is 0 Å². The summed E-state index contributed by atoms with van der Waals surface area (Å²) in [7, 11) is 1.51. The van der Waals surface area contributed by atoms with Crippen molar-refractivity contribution in [2.24, 2.45) is 5.92 Å². The van der Waals surface area contributed by atoms with Crippen LogP contribution < -0.4 is 5.32 Å². The van der Waals surface area contributed by atoms with E-state index in [4.69, 9.17) is 4.74 Å². The molecule has 1 atom stereocenters. The molecule has 7 nitrogen and oxygen atoms in total. The summed E-state index contributed by atoms with van der Waals surface area (Å²) in [5.74, 6) is -0.886. The Labute approximate surface area is 196 Å². The van der Waals surface area contributed by atoms with Crippen LogP contribution in [0, 0.1) is 18.7 Å². The molecule has 0 saturated carbocycles. The van der Waals surface area contributed by atoms with Crippen LogP contribution in [-0.2, 0) is 16.0 Å². The first-order valence-corrected chi connectivity index (χ1v) is 11.9. The number of nitrogens with zero attached hydrogens (tertiary/aromatic N) is 2. The minimum Gasteiger partial charge on any atom is -0.383 e. The van der Waals surface area contributed by atoms with Crippen LogP contribution in [0.15, 0.2) is 36.4 Å². The van der Waals surface area contributed by atoms with Gasteiger partial charge in [-0.15, -0.1) is 11.3 Å². The predicted octanol–water partition coefficient (Wildman–Crippen LogP) is 3.23. The van der Waals surface area contributed by atoms with Gasteiger partial charge in [-0.2, -0.15) is 0 Å². The van der Waals surface area contributed by atoms with E-state index in [1.807, 2.05) is 24.0 Å². The van der Waals surface area contributed by atoms with Crippen LogP contribution >= 0.6 is 11.3 Å². The minimum atomic E-state index is -1.17. The number of benzene rings is 1. The lowest BCUT2D eigenvalue weighted by atomic mass is 9.74. The molecule has 0 radical (unpaired) electrons. The first-order chi connectivity index (χ1) is 15.8. The Morgan fingerprint density at radius 2 is 2.00 bits per heavy atom. The summed E-state index contributed by atoms with van der Waals surface area (Å²) < 4.78 is 19.0. The largest absolute Gasteiger partial charge is 0.383 e. The highest BCUT2D eigenvalue weighted by atomic mass is 32.1. The second-order valence-electron chi connectivity index (χ2n) is 8.63. The second kappa shape index (κ2) is 9.61. The third-order valence-electron chi connectivity index (χ3n) is 6.52. The molecule has 1 N–H and O–H groups in total. The van der Waals surface area contributed by atoms with Crippen LogP contribution in [0.3, 0.4) is 0 Å². The van der Waals surface area contributed by atoms with Crippen molar-refractivity contribution in [2.75, 3.05) is 33.4 Å². The Bertz CT molecular complexity index is 1050. The van der Waals surface area contributed by atoms with E-state index in [-0.39, 0.29) is 43.1 Å². The van der Waals surface area contributed by atoms with Gasteiger partial charge in [-0.25, -0.2) is 9.18 Å². The highest BCUT2D eigenvalue weighted by Gasteiger charge is 2.55. The molecule has 2 aliphatic rings. The van der Waals surface area contributed by atoms with Gasteiger partial charge in [-0.05, 0) is 55.5 Å². The summed E-state index contributed by atoms with van der Waals surface area (Å²) in [6, 6.07) is 9.44. The molecule has 4 rings (SSSR count). The van der Waals surface area contributed by atoms with Crippen LogP contribution in [0.2, 0.25) is 0 Å². The van der Waals surface area contributed by atoms with Gasteiger partial charge in [-0.3, -0.25) is 14.5 Å². The second-order valence-corrected chi connectivity index (χ2v) is 9.92. The number of amides is 4. The van der Waals surface area contributed by atoms with E-state index in [1.54, 1.807) is 12.1 Å². The molecular formula is C24H28FN3O4S. The molecule has 2 fully saturated rings. The number of imide groups is 1. The zero-order chi connectivity index (χ0) is 23.6. The number of nitrogens with one attached hydrogen (secondary N) is 1. The van der Waals surface area contributed by atoms with Gasteiger partial charge in [0.25, 0.3) is 11.8 Å². The average molecular weight is 474 g/mol. The molecular weight excluding hydrogens is 445 g/mol. The van der Waals surface area contributed by atoms with Gasteiger partial charge in [0.1, 0.15) is 11.4 Å². The number of methoxy groups -OCH3 is 1. The molecule has 2 aliphatic heterocycles. The Balaban J connectivity index is 1.56. The van der Waals surface area contributed by atoms with Crippen molar-refractivity contribution in [2.45, 2.75) is 31.7 Å². The van der Waals surface area contributed by atoms with E-state index in [0.717, 1.165) is 4.88 Å². The Morgan fingerprint density at radius 1 is 1.24 bits per heavy atom. The lowest BCUT2D eigenvalue weighted by Gasteiger charge is -2.41. The fourth-order valence-electron chi connectivity index (χ4n) is 4.82. The molecule has 176 valence electrons. The number of aryl methyl sites for hydroxylation is 1. The monoisotopic (exact) mass is 473 g/mol. The van der Waals surface area contributed by atoms with Gasteiger partial charge in [0.2, 0.25) is 0 Å². The van der Waals surface area contributed by atoms with Crippen molar-refractivity contribution >= 4 is 29.2 Å². The summed E-state index contributed by atoms with van der Waals surface area (Å²) in [6.07, 6.45) is 1.33. The SMILES string of the molecule is COCCN1C(=O)NC(Cc2cccc(F)c2)(C2CCN(C(=O)c3ccc(C)s3)CC2)C1=O. The summed E-state index contributed by atoms with van der Waals surface area (Å²) in [5.41, 5.74) is -0.530. The summed E-state index contributed by atoms with van der Waals surface area (Å²) >= 11 is 1.47. The maximum absolute atomic E-state index is 13.9. The molecule has 4 amide bonds. The maximum atomic E-state index is 13.9. The number of rotatable bonds is 7. The van der Waals surface area contributed by atoms with Crippen LogP contribution in [-0.4, -0.2) is 66.5 Å². The molecule has 33 heavy (non-hydrogen) atoms. The summed E-state index contributed by atoms with van der Waals surface area (Å²) in [4.78, 5) is 44.0. The Kier molecular flexibility index (Phi) is 6.81. The number of carbonyl (C=O) groups excluding carboxylic acids is 3. The zero-order valence-corrected chi connectivity index (χ0v) is 19.6. The summed E-state index contributed by atoms with van der Waals surface area (Å²) in [6.45, 7) is 3.34. The van der Waals surface area contributed by atoms with Gasteiger partial charge < -0.3 is 15.0 Å². The topological polar surface area (TPSA) is 79.0 Å². The Morgan fingerprint density at radius 3 is 2.64 bits per heavy atom. The number of carbonyl (C=O) groups is 3. The normalized spacial score (nSPS) is 21.5. The number of hydrogen-bond donors (Lipinski definition) is 1. The predicted molar refractivity (Wildman–Crippen MR) is 123 cm³/mol. The number of likely N-dealkylation sites (tertiary alicyclic amines) is 1. The van der Waals surface area contributed by atoms with Gasteiger partial charge in [-0.1, -0.05) is 12.1 Å². The molecule has 2 aromatic rings. The van der Waals surface area contributed by atoms with Crippen molar-refractivity contribution in [1.29, 1.82) is 0 Å². The molecule has 0 bridgehead atoms. The van der Waals surface area contributed by atoms with Crippen molar-refractivity contribution in [1.82, 2.24) is 15.1 Å². The molecule has 1 aromatic heterocycles. The fourth-order valence-corrected chi connectivity index (χ4v) is 5.66. The number of thiophene rings is 1. The smallest absolute Gasteiger partial charge is 0.325 e. The van der Waals surface area contributed by atoms with E-state index in [9.17, 15) is 18.8 Å². The fraction of sp³-hybridized carbons (Fsp3) is 0.458. The maximum Gasteiger partial charge on any atom is 0.325 e. The molecule has 0 spiro atoms. The van der Waals surface area contributed by atoms with Gasteiger partial charge in [0.15, 0.2) is 0 Å². The number of hydrogen-bond acceptors (Lipinski definition) is 5. The van der Waals surface area contributed by atoms with Crippen molar-refractivity contribution < 1.29 is 23.5 Å². The highest BCUT2D eigenvalue weighted by Crippen LogP contribution is 2.37. The number of ether oxygens (including phenoxy) is 1. The Hall–Kier alpha value is -2.78. The quantitative estimate of drug-likeness (QED) is 0.627. The molecule has 0 aliphatic carbocycles. The van der Waals surface area contributed by atoms with Crippen LogP contribution in [0.25, 0.3) is 0 Å². The highest BCUT2D eigenvalue weighted by molar-refractivity contribution is 7.13. The molecule has 1 aromatic carbocycles. The van der Waals surface area contributed by atoms with E-state index >= 15 is 0 Å². The van der Waals surface area contributed by atoms with Crippen molar-refractivity contribution in [3.63, 3.8) is 0 Å². The number of piperidine rings is 1. The molecule has 3 heterocycles. The third kappa shape index (κ3) is 4.65. The molecule has 2 saturated heterocycles. The third-order valence-corrected chi connectivity index (χ3v) is 7.51.